The van der Waals surface area contributed by atoms with Gasteiger partial charge in [-0.2, -0.15) is 4.84 Å². The van der Waals surface area contributed by atoms with E-state index in [0.717, 1.165) is 17.1 Å². The maximum Gasteiger partial charge on any atom is 0.475 e. The number of methoxy groups -OCH3 is 1. The third kappa shape index (κ3) is 2.59. The number of hydrogen-bond acceptors (Lipinski definition) is 3. The minimum atomic E-state index is -0.503. The van der Waals surface area contributed by atoms with Crippen LogP contribution in [0.2, 0.25) is 0 Å². The van der Waals surface area contributed by atoms with Gasteiger partial charge in [0.1, 0.15) is 5.75 Å². The molecule has 0 spiro atoms. The lowest BCUT2D eigenvalue weighted by Crippen LogP contribution is -2.52. The molecule has 5 nitrogen and oxygen atoms in total. The Balaban J connectivity index is 3.03. The largest absolute Gasteiger partial charge is 0.496 e. The number of nitrogens with one attached hydrogen (secondary N) is 1. The van der Waals surface area contributed by atoms with Crippen LogP contribution in [0.3, 0.4) is 0 Å². The Labute approximate surface area is 88.6 Å². The van der Waals surface area contributed by atoms with E-state index in [-0.39, 0.29) is 0 Å². The predicted molar refractivity (Wildman–Crippen MR) is 53.7 cm³/mol. The van der Waals surface area contributed by atoms with Crippen molar-refractivity contribution in [3.05, 3.63) is 23.5 Å². The number of aryl methyl sites for hydroxylation is 2. The summed E-state index contributed by atoms with van der Waals surface area (Å²) in [6.45, 7) is 3.66. The minimum Gasteiger partial charge on any atom is -0.496 e. The van der Waals surface area contributed by atoms with Crippen molar-refractivity contribution < 1.29 is 19.1 Å². The van der Waals surface area contributed by atoms with Gasteiger partial charge >= 0.3 is 6.09 Å². The van der Waals surface area contributed by atoms with Crippen LogP contribution in [0.4, 0.5) is 4.79 Å². The zero-order chi connectivity index (χ0) is 11.4. The van der Waals surface area contributed by atoms with E-state index in [4.69, 9.17) is 9.57 Å². The number of ether oxygens (including phenoxy) is 1. The highest BCUT2D eigenvalue weighted by Gasteiger charge is 2.18. The summed E-state index contributed by atoms with van der Waals surface area (Å²) in [6, 6.07) is 3.58. The minimum absolute atomic E-state index is 0.503. The van der Waals surface area contributed by atoms with Gasteiger partial charge in [-0.3, -0.25) is 0 Å². The van der Waals surface area contributed by atoms with Crippen LogP contribution in [-0.2, 0) is 0 Å². The molecule has 0 saturated heterocycles. The molecule has 0 aliphatic carbocycles. The first kappa shape index (κ1) is 11.3. The Morgan fingerprint density at radius 3 is 2.27 bits per heavy atom. The van der Waals surface area contributed by atoms with Crippen LogP contribution in [0.5, 0.6) is 5.75 Å². The first-order chi connectivity index (χ1) is 7.08. The zero-order valence-corrected chi connectivity index (χ0v) is 9.33. The summed E-state index contributed by atoms with van der Waals surface area (Å²) in [5.41, 5.74) is 1.57. The van der Waals surface area contributed by atoms with Crippen molar-refractivity contribution in [1.82, 2.24) is 5.32 Å². The standard InChI is InChI=1S/C10H14N2O3/c1-7-5-9(14-4)6-8(2)12(7)15-10(13)11-3/h5-6H,1-4H3/p+1. The van der Waals surface area contributed by atoms with E-state index in [2.05, 4.69) is 5.32 Å². The van der Waals surface area contributed by atoms with Crippen molar-refractivity contribution in [3.8, 4) is 5.75 Å². The van der Waals surface area contributed by atoms with E-state index >= 15 is 0 Å². The Kier molecular flexibility index (Phi) is 3.49. The van der Waals surface area contributed by atoms with Gasteiger partial charge in [0.25, 0.3) is 0 Å². The first-order valence-corrected chi connectivity index (χ1v) is 4.56. The highest BCUT2D eigenvalue weighted by atomic mass is 16.7. The van der Waals surface area contributed by atoms with Gasteiger partial charge in [0.05, 0.1) is 19.2 Å². The third-order valence-electron chi connectivity index (χ3n) is 1.96. The lowest BCUT2D eigenvalue weighted by molar-refractivity contribution is -0.876. The Hall–Kier alpha value is -1.78. The van der Waals surface area contributed by atoms with Crippen molar-refractivity contribution in [3.63, 3.8) is 0 Å². The molecule has 0 bridgehead atoms. The van der Waals surface area contributed by atoms with E-state index < -0.39 is 6.09 Å². The average Bonchev–Trinajstić information content (AvgIpc) is 2.22. The van der Waals surface area contributed by atoms with Crippen LogP contribution in [0, 0.1) is 13.8 Å². The third-order valence-corrected chi connectivity index (χ3v) is 1.96. The van der Waals surface area contributed by atoms with Gasteiger partial charge < -0.3 is 10.1 Å². The van der Waals surface area contributed by atoms with Gasteiger partial charge in [-0.15, -0.1) is 0 Å². The molecule has 0 fully saturated rings. The quantitative estimate of drug-likeness (QED) is 0.719. The van der Waals surface area contributed by atoms with Gasteiger partial charge in [0.15, 0.2) is 0 Å². The van der Waals surface area contributed by atoms with E-state index in [1.807, 2.05) is 13.8 Å². The first-order valence-electron chi connectivity index (χ1n) is 4.56. The summed E-state index contributed by atoms with van der Waals surface area (Å²) in [4.78, 5) is 16.1. The topological polar surface area (TPSA) is 51.4 Å². The molecule has 0 atom stereocenters. The second-order valence-electron chi connectivity index (χ2n) is 3.10. The number of rotatable bonds is 2. The van der Waals surface area contributed by atoms with Crippen molar-refractivity contribution in [2.75, 3.05) is 14.2 Å². The maximum absolute atomic E-state index is 11.1. The fourth-order valence-electron chi connectivity index (χ4n) is 1.24. The molecule has 82 valence electrons. The number of nitrogens with zero attached hydrogens (tertiary/aromatic N) is 1. The molecule has 1 rings (SSSR count). The summed E-state index contributed by atoms with van der Waals surface area (Å²) >= 11 is 0. The van der Waals surface area contributed by atoms with Gasteiger partial charge in [-0.1, -0.05) is 0 Å². The highest BCUT2D eigenvalue weighted by Crippen LogP contribution is 2.10. The normalized spacial score (nSPS) is 9.60. The molecule has 0 unspecified atom stereocenters. The van der Waals surface area contributed by atoms with Crippen molar-refractivity contribution >= 4 is 6.09 Å². The predicted octanol–water partition coefficient (Wildman–Crippen LogP) is 0.368. The number of pyridine rings is 1. The molecule has 0 radical (unpaired) electrons. The van der Waals surface area contributed by atoms with Crippen molar-refractivity contribution in [2.45, 2.75) is 13.8 Å². The summed E-state index contributed by atoms with van der Waals surface area (Å²) in [6.07, 6.45) is -0.503. The Bertz CT molecular complexity index is 354. The maximum atomic E-state index is 11.1. The zero-order valence-electron chi connectivity index (χ0n) is 9.33. The van der Waals surface area contributed by atoms with Crippen LogP contribution in [0.25, 0.3) is 0 Å². The number of carbonyl (C=O) groups excluding carboxylic acids is 1. The van der Waals surface area contributed by atoms with Gasteiger partial charge in [0.2, 0.25) is 11.4 Å². The number of hydrogen-bond donors (Lipinski definition) is 1. The number of aromatic nitrogens is 1. The molecular formula is C10H15N2O3+. The van der Waals surface area contributed by atoms with E-state index in [1.165, 1.54) is 11.8 Å². The van der Waals surface area contributed by atoms with Crippen LogP contribution < -0.4 is 19.6 Å². The van der Waals surface area contributed by atoms with E-state index in [0.29, 0.717) is 0 Å². The number of amides is 1. The van der Waals surface area contributed by atoms with Crippen LogP contribution >= 0.6 is 0 Å². The molecule has 0 aliphatic rings. The summed E-state index contributed by atoms with van der Waals surface area (Å²) < 4.78 is 6.54. The monoisotopic (exact) mass is 211 g/mol. The molecule has 1 heterocycles. The summed E-state index contributed by atoms with van der Waals surface area (Å²) in [5, 5.41) is 2.38. The second-order valence-corrected chi connectivity index (χ2v) is 3.10. The average molecular weight is 211 g/mol. The van der Waals surface area contributed by atoms with Gasteiger partial charge in [-0.05, 0) is 0 Å². The molecule has 15 heavy (non-hydrogen) atoms. The van der Waals surface area contributed by atoms with Crippen molar-refractivity contribution in [1.29, 1.82) is 0 Å². The van der Waals surface area contributed by atoms with E-state index in [9.17, 15) is 4.79 Å². The Morgan fingerprint density at radius 2 is 1.87 bits per heavy atom. The molecule has 1 aromatic heterocycles. The molecule has 1 amide bonds. The van der Waals surface area contributed by atoms with Crippen LogP contribution in [0.15, 0.2) is 12.1 Å². The van der Waals surface area contributed by atoms with E-state index in [1.54, 1.807) is 19.2 Å². The van der Waals surface area contributed by atoms with Crippen LogP contribution in [-0.4, -0.2) is 20.3 Å². The van der Waals surface area contributed by atoms with Gasteiger partial charge in [-0.25, -0.2) is 4.79 Å². The molecule has 0 saturated carbocycles. The molecular weight excluding hydrogens is 196 g/mol. The van der Waals surface area contributed by atoms with Gasteiger partial charge in [0, 0.05) is 25.6 Å². The fourth-order valence-corrected chi connectivity index (χ4v) is 1.24. The number of carbonyl (C=O) groups is 1. The molecule has 1 aromatic rings. The Morgan fingerprint density at radius 1 is 1.33 bits per heavy atom. The smallest absolute Gasteiger partial charge is 0.475 e. The second kappa shape index (κ2) is 4.63. The lowest BCUT2D eigenvalue weighted by atomic mass is 10.3. The molecule has 0 aliphatic heterocycles. The lowest BCUT2D eigenvalue weighted by Gasteiger charge is -2.03. The molecule has 0 aromatic carbocycles. The fraction of sp³-hybridized carbons (Fsp3) is 0.400. The summed E-state index contributed by atoms with van der Waals surface area (Å²) in [7, 11) is 3.11. The van der Waals surface area contributed by atoms with Crippen LogP contribution in [0.1, 0.15) is 11.4 Å². The molecule has 5 heteroatoms. The molecule has 1 N–H and O–H groups in total. The van der Waals surface area contributed by atoms with Crippen molar-refractivity contribution in [2.24, 2.45) is 0 Å². The highest BCUT2D eigenvalue weighted by molar-refractivity contribution is 5.66. The summed E-state index contributed by atoms with van der Waals surface area (Å²) in [5.74, 6) is 0.738. The SMILES string of the molecule is CNC(=O)O[n+]1c(C)cc(OC)cc1C.